The van der Waals surface area contributed by atoms with Gasteiger partial charge in [0.1, 0.15) is 0 Å². The summed E-state index contributed by atoms with van der Waals surface area (Å²) in [5.41, 5.74) is 2.60. The molecular weight excluding hydrogens is 316 g/mol. The Morgan fingerprint density at radius 3 is 2.64 bits per heavy atom. The summed E-state index contributed by atoms with van der Waals surface area (Å²) >= 11 is 0. The summed E-state index contributed by atoms with van der Waals surface area (Å²) in [6.07, 6.45) is 1.73. The lowest BCUT2D eigenvalue weighted by Crippen LogP contribution is -2.44. The molecule has 0 aliphatic carbocycles. The van der Waals surface area contributed by atoms with Crippen LogP contribution in [0.3, 0.4) is 0 Å². The Hall–Kier alpha value is -1.63. The Kier molecular flexibility index (Phi) is 7.68. The molecule has 1 unspecified atom stereocenters. The average Bonchev–Trinajstić information content (AvgIpc) is 3.05. The molecule has 1 aromatic rings. The second-order valence-corrected chi connectivity index (χ2v) is 7.06. The highest BCUT2D eigenvalue weighted by atomic mass is 16.5. The molecule has 0 aromatic heterocycles. The molecule has 2 rings (SSSR count). The van der Waals surface area contributed by atoms with E-state index in [2.05, 4.69) is 58.9 Å². The van der Waals surface area contributed by atoms with E-state index < -0.39 is 0 Å². The number of aliphatic imine (C=N–C) groups is 1. The maximum Gasteiger partial charge on any atom is 0.191 e. The Morgan fingerprint density at radius 1 is 1.28 bits per heavy atom. The van der Waals surface area contributed by atoms with Crippen molar-refractivity contribution in [2.75, 3.05) is 47.5 Å². The first-order valence-corrected chi connectivity index (χ1v) is 8.93. The van der Waals surface area contributed by atoms with E-state index in [-0.39, 0.29) is 12.0 Å². The molecule has 0 amide bonds. The molecule has 1 aliphatic heterocycles. The minimum absolute atomic E-state index is 0.00913. The molecule has 6 nitrogen and oxygen atoms in total. The lowest BCUT2D eigenvalue weighted by atomic mass is 9.84. The van der Waals surface area contributed by atoms with E-state index in [4.69, 9.17) is 4.74 Å². The first-order valence-electron chi connectivity index (χ1n) is 8.93. The molecule has 0 bridgehead atoms. The SMILES string of the molecule is CN=C(NCc1ccccc1CN(C)C)NCC1(CCO)CCOC1. The van der Waals surface area contributed by atoms with Crippen molar-refractivity contribution in [3.8, 4) is 0 Å². The van der Waals surface area contributed by atoms with Gasteiger partial charge in [-0.15, -0.1) is 0 Å². The molecule has 1 aromatic carbocycles. The van der Waals surface area contributed by atoms with Gasteiger partial charge in [-0.3, -0.25) is 4.99 Å². The molecule has 1 heterocycles. The topological polar surface area (TPSA) is 69.1 Å². The molecule has 25 heavy (non-hydrogen) atoms. The monoisotopic (exact) mass is 348 g/mol. The van der Waals surface area contributed by atoms with E-state index in [9.17, 15) is 5.11 Å². The molecule has 0 saturated carbocycles. The highest BCUT2D eigenvalue weighted by Gasteiger charge is 2.34. The van der Waals surface area contributed by atoms with Gasteiger partial charge in [-0.25, -0.2) is 0 Å². The lowest BCUT2D eigenvalue weighted by molar-refractivity contribution is 0.127. The summed E-state index contributed by atoms with van der Waals surface area (Å²) in [4.78, 5) is 6.50. The van der Waals surface area contributed by atoms with Crippen LogP contribution < -0.4 is 10.6 Å². The number of rotatable bonds is 8. The second-order valence-electron chi connectivity index (χ2n) is 7.06. The number of aliphatic hydroxyl groups excluding tert-OH is 1. The van der Waals surface area contributed by atoms with Gasteiger partial charge in [-0.1, -0.05) is 24.3 Å². The third-order valence-corrected chi connectivity index (χ3v) is 4.73. The van der Waals surface area contributed by atoms with Gasteiger partial charge in [-0.05, 0) is 38.1 Å². The maximum atomic E-state index is 9.34. The van der Waals surface area contributed by atoms with Crippen LogP contribution in [-0.4, -0.2) is 63.5 Å². The number of benzene rings is 1. The normalized spacial score (nSPS) is 20.9. The molecule has 1 atom stereocenters. The number of nitrogens with one attached hydrogen (secondary N) is 2. The van der Waals surface area contributed by atoms with E-state index in [0.29, 0.717) is 6.61 Å². The quantitative estimate of drug-likeness (QED) is 0.487. The van der Waals surface area contributed by atoms with E-state index in [1.54, 1.807) is 7.05 Å². The van der Waals surface area contributed by atoms with Crippen molar-refractivity contribution < 1.29 is 9.84 Å². The Morgan fingerprint density at radius 2 is 2.04 bits per heavy atom. The van der Waals surface area contributed by atoms with Crippen molar-refractivity contribution in [2.24, 2.45) is 10.4 Å². The lowest BCUT2D eigenvalue weighted by Gasteiger charge is -2.27. The van der Waals surface area contributed by atoms with Gasteiger partial charge in [0.05, 0.1) is 6.61 Å². The Labute approximate surface area is 151 Å². The first kappa shape index (κ1) is 19.7. The fourth-order valence-electron chi connectivity index (χ4n) is 3.21. The Bertz CT molecular complexity index is 554. The minimum atomic E-state index is 0.00913. The predicted octanol–water partition coefficient (Wildman–Crippen LogP) is 1.20. The van der Waals surface area contributed by atoms with E-state index >= 15 is 0 Å². The zero-order valence-electron chi connectivity index (χ0n) is 15.7. The number of hydrogen-bond donors (Lipinski definition) is 3. The van der Waals surface area contributed by atoms with Crippen LogP contribution in [0.4, 0.5) is 0 Å². The third kappa shape index (κ3) is 5.99. The molecule has 3 N–H and O–H groups in total. The van der Waals surface area contributed by atoms with Gasteiger partial charge in [0.15, 0.2) is 5.96 Å². The van der Waals surface area contributed by atoms with Gasteiger partial charge in [0.2, 0.25) is 0 Å². The number of nitrogens with zero attached hydrogens (tertiary/aromatic N) is 2. The third-order valence-electron chi connectivity index (χ3n) is 4.73. The van der Waals surface area contributed by atoms with Crippen molar-refractivity contribution >= 4 is 5.96 Å². The number of hydrogen-bond acceptors (Lipinski definition) is 4. The van der Waals surface area contributed by atoms with Crippen LogP contribution in [0.2, 0.25) is 0 Å². The van der Waals surface area contributed by atoms with E-state index in [1.807, 2.05) is 0 Å². The van der Waals surface area contributed by atoms with Gasteiger partial charge < -0.3 is 25.4 Å². The smallest absolute Gasteiger partial charge is 0.191 e. The summed E-state index contributed by atoms with van der Waals surface area (Å²) in [5.74, 6) is 0.781. The fraction of sp³-hybridized carbons (Fsp3) is 0.632. The molecular formula is C19H32N4O2. The van der Waals surface area contributed by atoms with E-state index in [0.717, 1.165) is 45.0 Å². The molecule has 1 saturated heterocycles. The fourth-order valence-corrected chi connectivity index (χ4v) is 3.21. The van der Waals surface area contributed by atoms with Crippen molar-refractivity contribution in [3.63, 3.8) is 0 Å². The zero-order valence-corrected chi connectivity index (χ0v) is 15.7. The summed E-state index contributed by atoms with van der Waals surface area (Å²) in [7, 11) is 5.94. The summed E-state index contributed by atoms with van der Waals surface area (Å²) in [6.45, 7) is 4.06. The van der Waals surface area contributed by atoms with Crippen LogP contribution in [0, 0.1) is 5.41 Å². The summed E-state index contributed by atoms with van der Waals surface area (Å²) in [6, 6.07) is 8.46. The highest BCUT2D eigenvalue weighted by molar-refractivity contribution is 5.79. The first-order chi connectivity index (χ1) is 12.1. The second kappa shape index (κ2) is 9.75. The molecule has 1 aliphatic rings. The van der Waals surface area contributed by atoms with Crippen LogP contribution in [0.5, 0.6) is 0 Å². The van der Waals surface area contributed by atoms with Gasteiger partial charge >= 0.3 is 0 Å². The predicted molar refractivity (Wildman–Crippen MR) is 102 cm³/mol. The van der Waals surface area contributed by atoms with Crippen LogP contribution in [0.15, 0.2) is 29.3 Å². The van der Waals surface area contributed by atoms with Crippen LogP contribution in [0.1, 0.15) is 24.0 Å². The van der Waals surface area contributed by atoms with Gasteiger partial charge in [0, 0.05) is 45.3 Å². The number of aliphatic hydroxyl groups is 1. The van der Waals surface area contributed by atoms with Crippen molar-refractivity contribution in [3.05, 3.63) is 35.4 Å². The van der Waals surface area contributed by atoms with Crippen LogP contribution >= 0.6 is 0 Å². The van der Waals surface area contributed by atoms with Crippen molar-refractivity contribution in [2.45, 2.75) is 25.9 Å². The number of ether oxygens (including phenoxy) is 1. The maximum absolute atomic E-state index is 9.34. The van der Waals surface area contributed by atoms with Crippen molar-refractivity contribution in [1.29, 1.82) is 0 Å². The number of guanidine groups is 1. The molecule has 140 valence electrons. The average molecular weight is 348 g/mol. The van der Waals surface area contributed by atoms with Crippen molar-refractivity contribution in [1.82, 2.24) is 15.5 Å². The van der Waals surface area contributed by atoms with Crippen LogP contribution in [0.25, 0.3) is 0 Å². The van der Waals surface area contributed by atoms with Gasteiger partial charge in [-0.2, -0.15) is 0 Å². The largest absolute Gasteiger partial charge is 0.396 e. The zero-order chi connectivity index (χ0) is 18.1. The van der Waals surface area contributed by atoms with Crippen LogP contribution in [-0.2, 0) is 17.8 Å². The molecule has 6 heteroatoms. The van der Waals surface area contributed by atoms with Gasteiger partial charge in [0.25, 0.3) is 0 Å². The van der Waals surface area contributed by atoms with E-state index in [1.165, 1.54) is 11.1 Å². The summed E-state index contributed by atoms with van der Waals surface area (Å²) in [5, 5.41) is 16.1. The highest BCUT2D eigenvalue weighted by Crippen LogP contribution is 2.31. The summed E-state index contributed by atoms with van der Waals surface area (Å²) < 4.78 is 5.54. The standard InChI is InChI=1S/C19H32N4O2/c1-20-18(22-14-19(8-10-24)9-11-25-15-19)21-12-16-6-4-5-7-17(16)13-23(2)3/h4-7,24H,8-15H2,1-3H3,(H2,20,21,22). The molecule has 0 radical (unpaired) electrons. The molecule has 0 spiro atoms. The minimum Gasteiger partial charge on any atom is -0.396 e. The molecule has 1 fully saturated rings. The Balaban J connectivity index is 1.90.